The highest BCUT2D eigenvalue weighted by atomic mass is 16.5. The van der Waals surface area contributed by atoms with E-state index in [1.54, 1.807) is 0 Å². The van der Waals surface area contributed by atoms with E-state index in [1.807, 2.05) is 27.7 Å². The number of carbonyl (C=O) groups is 2. The lowest BCUT2D eigenvalue weighted by atomic mass is 10.1. The Morgan fingerprint density at radius 1 is 1.50 bits per heavy atom. The molecular formula is C13H24N2O3. The Hall–Kier alpha value is -1.10. The van der Waals surface area contributed by atoms with Crippen LogP contribution in [0.4, 0.5) is 0 Å². The van der Waals surface area contributed by atoms with Crippen LogP contribution in [0.2, 0.25) is 0 Å². The molecule has 1 amide bonds. The van der Waals surface area contributed by atoms with Crippen LogP contribution in [0.5, 0.6) is 0 Å². The Labute approximate surface area is 109 Å². The number of hydrogen-bond acceptors (Lipinski definition) is 4. The van der Waals surface area contributed by atoms with Gasteiger partial charge in [0.15, 0.2) is 0 Å². The van der Waals surface area contributed by atoms with Crippen molar-refractivity contribution < 1.29 is 14.3 Å². The molecule has 0 radical (unpaired) electrons. The van der Waals surface area contributed by atoms with Crippen LogP contribution in [0.3, 0.4) is 0 Å². The van der Waals surface area contributed by atoms with E-state index < -0.39 is 0 Å². The average Bonchev–Trinajstić information content (AvgIpc) is 2.61. The topological polar surface area (TPSA) is 67.4 Å². The Kier molecular flexibility index (Phi) is 5.14. The lowest BCUT2D eigenvalue weighted by Gasteiger charge is -2.26. The maximum atomic E-state index is 12.1. The largest absolute Gasteiger partial charge is 0.464 e. The molecule has 18 heavy (non-hydrogen) atoms. The van der Waals surface area contributed by atoms with Crippen molar-refractivity contribution in [2.45, 2.75) is 64.6 Å². The number of ether oxygens (including phenoxy) is 1. The first-order valence-electron chi connectivity index (χ1n) is 6.58. The van der Waals surface area contributed by atoms with Crippen LogP contribution in [-0.4, -0.2) is 36.1 Å². The number of hydrogen-bond donors (Lipinski definition) is 2. The van der Waals surface area contributed by atoms with Gasteiger partial charge in [0.1, 0.15) is 6.04 Å². The van der Waals surface area contributed by atoms with Gasteiger partial charge >= 0.3 is 5.97 Å². The molecule has 0 aromatic heterocycles. The van der Waals surface area contributed by atoms with E-state index in [4.69, 9.17) is 4.74 Å². The molecule has 2 N–H and O–H groups in total. The Bertz CT molecular complexity index is 310. The van der Waals surface area contributed by atoms with Crippen molar-refractivity contribution in [1.82, 2.24) is 10.6 Å². The van der Waals surface area contributed by atoms with Crippen LogP contribution in [0, 0.1) is 0 Å². The fourth-order valence-corrected chi connectivity index (χ4v) is 1.93. The van der Waals surface area contributed by atoms with Crippen LogP contribution in [-0.2, 0) is 14.3 Å². The molecule has 0 bridgehead atoms. The summed E-state index contributed by atoms with van der Waals surface area (Å²) in [6.45, 7) is 8.29. The maximum Gasteiger partial charge on any atom is 0.323 e. The van der Waals surface area contributed by atoms with Crippen LogP contribution in [0.25, 0.3) is 0 Å². The number of esters is 1. The van der Waals surface area contributed by atoms with Gasteiger partial charge < -0.3 is 10.1 Å². The summed E-state index contributed by atoms with van der Waals surface area (Å²) < 4.78 is 4.89. The monoisotopic (exact) mass is 256 g/mol. The SMILES string of the molecule is CCCC(N[C@H]1CCOC1=O)C(=O)NC(C)(C)C. The molecule has 1 aliphatic rings. The standard InChI is InChI=1S/C13H24N2O3/c1-5-6-9(11(16)15-13(2,3)4)14-10-7-8-18-12(10)17/h9-10,14H,5-8H2,1-4H3,(H,15,16)/t9?,10-/m0/s1. The van der Waals surface area contributed by atoms with Crippen LogP contribution in [0.1, 0.15) is 47.0 Å². The summed E-state index contributed by atoms with van der Waals surface area (Å²) in [5.41, 5.74) is -0.263. The summed E-state index contributed by atoms with van der Waals surface area (Å²) >= 11 is 0. The molecule has 1 saturated heterocycles. The first kappa shape index (κ1) is 15.0. The summed E-state index contributed by atoms with van der Waals surface area (Å²) in [6, 6.07) is -0.669. The normalized spacial score (nSPS) is 21.6. The van der Waals surface area contributed by atoms with Gasteiger partial charge in [-0.15, -0.1) is 0 Å². The summed E-state index contributed by atoms with van der Waals surface area (Å²) in [4.78, 5) is 23.5. The molecule has 0 aromatic carbocycles. The second-order valence-electron chi connectivity index (χ2n) is 5.76. The third-order valence-corrected chi connectivity index (χ3v) is 2.73. The van der Waals surface area contributed by atoms with Gasteiger partial charge in [-0.05, 0) is 27.2 Å². The van der Waals surface area contributed by atoms with E-state index in [-0.39, 0.29) is 29.5 Å². The van der Waals surface area contributed by atoms with Crippen molar-refractivity contribution in [3.05, 3.63) is 0 Å². The molecule has 0 aliphatic carbocycles. The zero-order valence-electron chi connectivity index (χ0n) is 11.7. The van der Waals surface area contributed by atoms with Crippen molar-refractivity contribution in [3.8, 4) is 0 Å². The molecule has 5 nitrogen and oxygen atoms in total. The van der Waals surface area contributed by atoms with Crippen molar-refractivity contribution >= 4 is 11.9 Å². The Morgan fingerprint density at radius 2 is 2.17 bits per heavy atom. The number of nitrogens with one attached hydrogen (secondary N) is 2. The fourth-order valence-electron chi connectivity index (χ4n) is 1.93. The maximum absolute atomic E-state index is 12.1. The van der Waals surface area contributed by atoms with Crippen molar-refractivity contribution in [2.75, 3.05) is 6.61 Å². The van der Waals surface area contributed by atoms with Crippen molar-refractivity contribution in [2.24, 2.45) is 0 Å². The molecule has 0 saturated carbocycles. The van der Waals surface area contributed by atoms with Crippen molar-refractivity contribution in [1.29, 1.82) is 0 Å². The summed E-state index contributed by atoms with van der Waals surface area (Å²) in [7, 11) is 0. The Balaban J connectivity index is 2.58. The average molecular weight is 256 g/mol. The van der Waals surface area contributed by atoms with Gasteiger partial charge in [0.25, 0.3) is 0 Å². The third kappa shape index (κ3) is 4.64. The number of rotatable bonds is 5. The molecule has 1 heterocycles. The zero-order valence-corrected chi connectivity index (χ0v) is 11.7. The van der Waals surface area contributed by atoms with Gasteiger partial charge in [-0.2, -0.15) is 0 Å². The second kappa shape index (κ2) is 6.18. The van der Waals surface area contributed by atoms with E-state index in [9.17, 15) is 9.59 Å². The quantitative estimate of drug-likeness (QED) is 0.719. The van der Waals surface area contributed by atoms with Gasteiger partial charge in [0, 0.05) is 12.0 Å². The van der Waals surface area contributed by atoms with Gasteiger partial charge in [0.05, 0.1) is 12.6 Å². The molecule has 0 aromatic rings. The smallest absolute Gasteiger partial charge is 0.323 e. The number of amides is 1. The molecular weight excluding hydrogens is 232 g/mol. The summed E-state index contributed by atoms with van der Waals surface area (Å²) in [5.74, 6) is -0.302. The summed E-state index contributed by atoms with van der Waals surface area (Å²) in [5, 5.41) is 6.04. The molecule has 1 rings (SSSR count). The molecule has 1 fully saturated rings. The number of carbonyl (C=O) groups excluding carboxylic acids is 2. The van der Waals surface area contributed by atoms with Crippen LogP contribution < -0.4 is 10.6 Å². The number of cyclic esters (lactones) is 1. The second-order valence-corrected chi connectivity index (χ2v) is 5.76. The van der Waals surface area contributed by atoms with E-state index in [2.05, 4.69) is 10.6 Å². The molecule has 2 atom stereocenters. The molecule has 0 spiro atoms. The van der Waals surface area contributed by atoms with E-state index in [0.29, 0.717) is 19.4 Å². The highest BCUT2D eigenvalue weighted by Crippen LogP contribution is 2.10. The van der Waals surface area contributed by atoms with Gasteiger partial charge in [-0.3, -0.25) is 14.9 Å². The highest BCUT2D eigenvalue weighted by molar-refractivity contribution is 5.84. The van der Waals surface area contributed by atoms with Gasteiger partial charge in [-0.1, -0.05) is 13.3 Å². The first-order chi connectivity index (χ1) is 8.33. The predicted molar refractivity (Wildman–Crippen MR) is 69.1 cm³/mol. The van der Waals surface area contributed by atoms with E-state index >= 15 is 0 Å². The van der Waals surface area contributed by atoms with Gasteiger partial charge in [0.2, 0.25) is 5.91 Å². The lowest BCUT2D eigenvalue weighted by molar-refractivity contribution is -0.140. The molecule has 5 heteroatoms. The minimum absolute atomic E-state index is 0.0518. The summed E-state index contributed by atoms with van der Waals surface area (Å²) in [6.07, 6.45) is 2.24. The van der Waals surface area contributed by atoms with Crippen molar-refractivity contribution in [3.63, 3.8) is 0 Å². The minimum atomic E-state index is -0.340. The molecule has 104 valence electrons. The third-order valence-electron chi connectivity index (χ3n) is 2.73. The van der Waals surface area contributed by atoms with Crippen LogP contribution in [0.15, 0.2) is 0 Å². The van der Waals surface area contributed by atoms with Crippen LogP contribution >= 0.6 is 0 Å². The van der Waals surface area contributed by atoms with E-state index in [0.717, 1.165) is 6.42 Å². The first-order valence-corrected chi connectivity index (χ1v) is 6.58. The minimum Gasteiger partial charge on any atom is -0.464 e. The fraction of sp³-hybridized carbons (Fsp3) is 0.846. The predicted octanol–water partition coefficient (Wildman–Crippen LogP) is 0.975. The van der Waals surface area contributed by atoms with E-state index in [1.165, 1.54) is 0 Å². The van der Waals surface area contributed by atoms with Gasteiger partial charge in [-0.25, -0.2) is 0 Å². The lowest BCUT2D eigenvalue weighted by Crippen LogP contribution is -2.53. The zero-order chi connectivity index (χ0) is 13.8. The molecule has 1 aliphatic heterocycles. The highest BCUT2D eigenvalue weighted by Gasteiger charge is 2.31. The molecule has 1 unspecified atom stereocenters. The Morgan fingerprint density at radius 3 is 2.61 bits per heavy atom.